The van der Waals surface area contributed by atoms with Crippen LogP contribution in [0.25, 0.3) is 10.6 Å². The van der Waals surface area contributed by atoms with Crippen LogP contribution in [-0.4, -0.2) is 27.1 Å². The first-order chi connectivity index (χ1) is 12.5. The van der Waals surface area contributed by atoms with Crippen molar-refractivity contribution in [1.82, 2.24) is 9.71 Å². The van der Waals surface area contributed by atoms with Gasteiger partial charge in [-0.15, -0.1) is 11.3 Å². The molecule has 5 nitrogen and oxygen atoms in total. The van der Waals surface area contributed by atoms with Crippen LogP contribution >= 0.6 is 22.9 Å². The Labute approximate surface area is 161 Å². The topological polar surface area (TPSA) is 68.3 Å². The third-order valence-electron chi connectivity index (χ3n) is 3.69. The maximum Gasteiger partial charge on any atom is 0.240 e. The molecule has 0 saturated heterocycles. The second-order valence-electron chi connectivity index (χ2n) is 5.47. The molecule has 0 spiro atoms. The molecule has 0 fully saturated rings. The van der Waals surface area contributed by atoms with Gasteiger partial charge >= 0.3 is 0 Å². The molecule has 8 heteroatoms. The maximum atomic E-state index is 12.3. The highest BCUT2D eigenvalue weighted by atomic mass is 35.5. The molecule has 0 bridgehead atoms. The smallest absolute Gasteiger partial charge is 0.240 e. The molecule has 26 heavy (non-hydrogen) atoms. The van der Waals surface area contributed by atoms with Gasteiger partial charge in [0.15, 0.2) is 0 Å². The van der Waals surface area contributed by atoms with E-state index >= 15 is 0 Å². The Bertz CT molecular complexity index is 968. The third kappa shape index (κ3) is 4.62. The van der Waals surface area contributed by atoms with Gasteiger partial charge in [-0.3, -0.25) is 0 Å². The average Bonchev–Trinajstić information content (AvgIpc) is 3.11. The number of halogens is 1. The van der Waals surface area contributed by atoms with E-state index in [0.29, 0.717) is 17.2 Å². The second kappa shape index (κ2) is 8.18. The minimum atomic E-state index is -3.55. The van der Waals surface area contributed by atoms with Crippen molar-refractivity contribution in [3.05, 3.63) is 64.6 Å². The lowest BCUT2D eigenvalue weighted by molar-refractivity contribution is 0.414. The normalized spacial score (nSPS) is 11.5. The Morgan fingerprint density at radius 1 is 1.12 bits per heavy atom. The van der Waals surface area contributed by atoms with Gasteiger partial charge < -0.3 is 4.74 Å². The monoisotopic (exact) mass is 408 g/mol. The quantitative estimate of drug-likeness (QED) is 0.641. The summed E-state index contributed by atoms with van der Waals surface area (Å²) in [4.78, 5) is 4.76. The predicted octanol–water partition coefficient (Wildman–Crippen LogP) is 3.99. The van der Waals surface area contributed by atoms with E-state index in [9.17, 15) is 8.42 Å². The summed E-state index contributed by atoms with van der Waals surface area (Å²) in [7, 11) is -2.01. The predicted molar refractivity (Wildman–Crippen MR) is 104 cm³/mol. The molecule has 2 aromatic carbocycles. The third-order valence-corrected chi connectivity index (χ3v) is 6.35. The Kier molecular flexibility index (Phi) is 5.93. The van der Waals surface area contributed by atoms with Crippen molar-refractivity contribution in [2.45, 2.75) is 11.3 Å². The minimum absolute atomic E-state index is 0.207. The maximum absolute atomic E-state index is 12.3. The van der Waals surface area contributed by atoms with E-state index in [1.54, 1.807) is 12.1 Å². The number of thiazole rings is 1. The highest BCUT2D eigenvalue weighted by molar-refractivity contribution is 7.89. The number of hydrogen-bond donors (Lipinski definition) is 1. The number of ether oxygens (including phenoxy) is 1. The van der Waals surface area contributed by atoms with Gasteiger partial charge in [0, 0.05) is 28.9 Å². The lowest BCUT2D eigenvalue weighted by Gasteiger charge is -2.06. The van der Waals surface area contributed by atoms with E-state index in [1.807, 2.05) is 29.6 Å². The Morgan fingerprint density at radius 2 is 1.81 bits per heavy atom. The Morgan fingerprint density at radius 3 is 2.46 bits per heavy atom. The standard InChI is InChI=1S/C18H17ClN2O3S2/c1-24-16-6-8-17(9-7-16)26(22,23)20-11-10-15-12-25-18(21-15)13-2-4-14(19)5-3-13/h2-9,12,20H,10-11H2,1H3. The van der Waals surface area contributed by atoms with Crippen LogP contribution in [0.15, 0.2) is 58.8 Å². The van der Waals surface area contributed by atoms with Gasteiger partial charge in [-0.2, -0.15) is 0 Å². The summed E-state index contributed by atoms with van der Waals surface area (Å²) < 4.78 is 32.2. The highest BCUT2D eigenvalue weighted by Crippen LogP contribution is 2.25. The molecule has 0 amide bonds. The van der Waals surface area contributed by atoms with Gasteiger partial charge in [0.25, 0.3) is 0 Å². The number of nitrogens with zero attached hydrogens (tertiary/aromatic N) is 1. The molecule has 0 aliphatic rings. The van der Waals surface area contributed by atoms with E-state index in [1.165, 1.54) is 30.6 Å². The zero-order chi connectivity index (χ0) is 18.6. The fourth-order valence-corrected chi connectivity index (χ4v) is 4.32. The van der Waals surface area contributed by atoms with Crippen LogP contribution in [-0.2, 0) is 16.4 Å². The number of methoxy groups -OCH3 is 1. The first-order valence-corrected chi connectivity index (χ1v) is 10.6. The summed E-state index contributed by atoms with van der Waals surface area (Å²) in [5.41, 5.74) is 1.84. The number of aromatic nitrogens is 1. The zero-order valence-corrected chi connectivity index (χ0v) is 16.4. The summed E-state index contributed by atoms with van der Waals surface area (Å²) >= 11 is 7.42. The summed E-state index contributed by atoms with van der Waals surface area (Å²) in [6.45, 7) is 0.276. The van der Waals surface area contributed by atoms with E-state index in [0.717, 1.165) is 16.3 Å². The molecule has 1 aromatic heterocycles. The van der Waals surface area contributed by atoms with Gasteiger partial charge in [0.2, 0.25) is 10.0 Å². The van der Waals surface area contributed by atoms with Crippen LogP contribution < -0.4 is 9.46 Å². The van der Waals surface area contributed by atoms with Crippen LogP contribution in [0.4, 0.5) is 0 Å². The number of sulfonamides is 1. The Hall–Kier alpha value is -1.93. The van der Waals surface area contributed by atoms with E-state index in [2.05, 4.69) is 9.71 Å². The van der Waals surface area contributed by atoms with Crippen LogP contribution in [0.2, 0.25) is 5.02 Å². The fourth-order valence-electron chi connectivity index (χ4n) is 2.30. The zero-order valence-electron chi connectivity index (χ0n) is 14.0. The summed E-state index contributed by atoms with van der Waals surface area (Å²) in [6.07, 6.45) is 0.513. The second-order valence-corrected chi connectivity index (χ2v) is 8.54. The molecule has 0 aliphatic carbocycles. The van der Waals surface area contributed by atoms with Crippen molar-refractivity contribution < 1.29 is 13.2 Å². The van der Waals surface area contributed by atoms with Crippen molar-refractivity contribution in [2.24, 2.45) is 0 Å². The molecule has 0 aliphatic heterocycles. The summed E-state index contributed by atoms with van der Waals surface area (Å²) in [6, 6.07) is 13.7. The van der Waals surface area contributed by atoms with E-state index in [4.69, 9.17) is 16.3 Å². The van der Waals surface area contributed by atoms with Crippen molar-refractivity contribution in [1.29, 1.82) is 0 Å². The molecule has 0 atom stereocenters. The minimum Gasteiger partial charge on any atom is -0.497 e. The lowest BCUT2D eigenvalue weighted by atomic mass is 10.2. The van der Waals surface area contributed by atoms with E-state index in [-0.39, 0.29) is 11.4 Å². The number of benzene rings is 2. The fraction of sp³-hybridized carbons (Fsp3) is 0.167. The molecule has 136 valence electrons. The molecular formula is C18H17ClN2O3S2. The van der Waals surface area contributed by atoms with Gasteiger partial charge in [0.1, 0.15) is 10.8 Å². The average molecular weight is 409 g/mol. The number of hydrogen-bond acceptors (Lipinski definition) is 5. The van der Waals surface area contributed by atoms with Gasteiger partial charge in [0.05, 0.1) is 17.7 Å². The molecular weight excluding hydrogens is 392 g/mol. The van der Waals surface area contributed by atoms with Crippen LogP contribution in [0.1, 0.15) is 5.69 Å². The van der Waals surface area contributed by atoms with Gasteiger partial charge in [-0.05, 0) is 36.4 Å². The Balaban J connectivity index is 1.60. The molecule has 0 radical (unpaired) electrons. The summed E-state index contributed by atoms with van der Waals surface area (Å²) in [5, 5.41) is 3.50. The lowest BCUT2D eigenvalue weighted by Crippen LogP contribution is -2.26. The van der Waals surface area contributed by atoms with Gasteiger partial charge in [-0.25, -0.2) is 18.1 Å². The van der Waals surface area contributed by atoms with Crippen LogP contribution in [0.5, 0.6) is 5.75 Å². The van der Waals surface area contributed by atoms with E-state index < -0.39 is 10.0 Å². The number of rotatable bonds is 7. The largest absolute Gasteiger partial charge is 0.497 e. The molecule has 3 rings (SSSR count). The van der Waals surface area contributed by atoms with Crippen molar-refractivity contribution in [3.63, 3.8) is 0 Å². The molecule has 1 heterocycles. The van der Waals surface area contributed by atoms with Crippen molar-refractivity contribution in [3.8, 4) is 16.3 Å². The molecule has 0 saturated carbocycles. The van der Waals surface area contributed by atoms with Crippen LogP contribution in [0, 0.1) is 0 Å². The molecule has 3 aromatic rings. The SMILES string of the molecule is COc1ccc(S(=O)(=O)NCCc2csc(-c3ccc(Cl)cc3)n2)cc1. The molecule has 1 N–H and O–H groups in total. The van der Waals surface area contributed by atoms with Crippen molar-refractivity contribution >= 4 is 33.0 Å². The van der Waals surface area contributed by atoms with Gasteiger partial charge in [-0.1, -0.05) is 23.7 Å². The van der Waals surface area contributed by atoms with Crippen molar-refractivity contribution in [2.75, 3.05) is 13.7 Å². The summed E-state index contributed by atoms with van der Waals surface area (Å²) in [5.74, 6) is 0.612. The molecule has 0 unspecified atom stereocenters. The first kappa shape index (κ1) is 18.8. The number of nitrogens with one attached hydrogen (secondary N) is 1. The highest BCUT2D eigenvalue weighted by Gasteiger charge is 2.14. The first-order valence-electron chi connectivity index (χ1n) is 7.82. The van der Waals surface area contributed by atoms with Crippen LogP contribution in [0.3, 0.4) is 0 Å².